The standard InChI is InChI=1S/C10H20O3/c1-8-2-4-10(5-3-8)13-7-9(12)6-11/h8-12H,2-7H2,1H3/t8-,9-,10-/m0/s1. The summed E-state index contributed by atoms with van der Waals surface area (Å²) in [6, 6.07) is 0. The van der Waals surface area contributed by atoms with Crippen LogP contribution in [0.2, 0.25) is 0 Å². The van der Waals surface area contributed by atoms with E-state index in [1.807, 2.05) is 0 Å². The Balaban J connectivity index is 2.08. The molecule has 2 N–H and O–H groups in total. The van der Waals surface area contributed by atoms with Crippen molar-refractivity contribution < 1.29 is 14.9 Å². The van der Waals surface area contributed by atoms with Gasteiger partial charge in [0.25, 0.3) is 0 Å². The molecule has 1 atom stereocenters. The number of rotatable bonds is 4. The zero-order valence-electron chi connectivity index (χ0n) is 8.28. The van der Waals surface area contributed by atoms with Crippen LogP contribution in [0.3, 0.4) is 0 Å². The van der Waals surface area contributed by atoms with E-state index in [-0.39, 0.29) is 13.2 Å². The van der Waals surface area contributed by atoms with Crippen molar-refractivity contribution in [2.75, 3.05) is 13.2 Å². The monoisotopic (exact) mass is 188 g/mol. The molecule has 0 aliphatic heterocycles. The van der Waals surface area contributed by atoms with E-state index in [0.717, 1.165) is 18.8 Å². The van der Waals surface area contributed by atoms with Crippen molar-refractivity contribution in [2.24, 2.45) is 5.92 Å². The predicted octanol–water partition coefficient (Wildman–Crippen LogP) is 0.935. The van der Waals surface area contributed by atoms with Crippen LogP contribution in [0.1, 0.15) is 32.6 Å². The van der Waals surface area contributed by atoms with E-state index in [1.165, 1.54) is 12.8 Å². The maximum Gasteiger partial charge on any atom is 0.100 e. The highest BCUT2D eigenvalue weighted by Gasteiger charge is 2.19. The second-order valence-electron chi connectivity index (χ2n) is 4.05. The molecule has 3 nitrogen and oxygen atoms in total. The Bertz CT molecular complexity index is 130. The highest BCUT2D eigenvalue weighted by Crippen LogP contribution is 2.25. The van der Waals surface area contributed by atoms with Gasteiger partial charge in [-0.15, -0.1) is 0 Å². The summed E-state index contributed by atoms with van der Waals surface area (Å²) in [5, 5.41) is 17.6. The number of ether oxygens (including phenoxy) is 1. The zero-order valence-corrected chi connectivity index (χ0v) is 8.28. The molecular weight excluding hydrogens is 168 g/mol. The van der Waals surface area contributed by atoms with Crippen LogP contribution < -0.4 is 0 Å². The molecular formula is C10H20O3. The molecule has 0 heterocycles. The summed E-state index contributed by atoms with van der Waals surface area (Å²) in [7, 11) is 0. The van der Waals surface area contributed by atoms with Crippen molar-refractivity contribution in [3.63, 3.8) is 0 Å². The third-order valence-corrected chi connectivity index (χ3v) is 2.70. The summed E-state index contributed by atoms with van der Waals surface area (Å²) in [6.07, 6.45) is 4.23. The fraction of sp³-hybridized carbons (Fsp3) is 1.00. The molecule has 1 saturated carbocycles. The second kappa shape index (κ2) is 5.58. The minimum absolute atomic E-state index is 0.205. The van der Waals surface area contributed by atoms with Gasteiger partial charge in [-0.1, -0.05) is 6.92 Å². The minimum atomic E-state index is -0.709. The van der Waals surface area contributed by atoms with E-state index in [4.69, 9.17) is 14.9 Å². The van der Waals surface area contributed by atoms with Gasteiger partial charge in [0.15, 0.2) is 0 Å². The van der Waals surface area contributed by atoms with Crippen LogP contribution in [-0.2, 0) is 4.74 Å². The molecule has 0 aromatic rings. The smallest absolute Gasteiger partial charge is 0.100 e. The van der Waals surface area contributed by atoms with Gasteiger partial charge in [-0.25, -0.2) is 0 Å². The normalized spacial score (nSPS) is 31.6. The maximum absolute atomic E-state index is 9.07. The lowest BCUT2D eigenvalue weighted by molar-refractivity contribution is -0.0433. The molecule has 0 bridgehead atoms. The van der Waals surface area contributed by atoms with E-state index in [0.29, 0.717) is 6.10 Å². The summed E-state index contributed by atoms with van der Waals surface area (Å²) < 4.78 is 5.47. The Morgan fingerprint density at radius 1 is 1.31 bits per heavy atom. The Morgan fingerprint density at radius 3 is 2.46 bits per heavy atom. The topological polar surface area (TPSA) is 49.7 Å². The first-order chi connectivity index (χ1) is 6.22. The molecule has 78 valence electrons. The summed E-state index contributed by atoms with van der Waals surface area (Å²) in [5.41, 5.74) is 0. The average Bonchev–Trinajstić information content (AvgIpc) is 2.16. The van der Waals surface area contributed by atoms with E-state index in [2.05, 4.69) is 6.92 Å². The van der Waals surface area contributed by atoms with Gasteiger partial charge in [0, 0.05) is 0 Å². The van der Waals surface area contributed by atoms with Crippen LogP contribution in [-0.4, -0.2) is 35.6 Å². The Morgan fingerprint density at radius 2 is 1.92 bits per heavy atom. The first-order valence-electron chi connectivity index (χ1n) is 5.13. The average molecular weight is 188 g/mol. The van der Waals surface area contributed by atoms with Crippen LogP contribution >= 0.6 is 0 Å². The van der Waals surface area contributed by atoms with Crippen LogP contribution in [0.5, 0.6) is 0 Å². The first kappa shape index (κ1) is 11.0. The number of aliphatic hydroxyl groups excluding tert-OH is 2. The van der Waals surface area contributed by atoms with Crippen molar-refractivity contribution in [3.8, 4) is 0 Å². The van der Waals surface area contributed by atoms with E-state index < -0.39 is 6.10 Å². The van der Waals surface area contributed by atoms with Crippen molar-refractivity contribution in [3.05, 3.63) is 0 Å². The highest BCUT2D eigenvalue weighted by atomic mass is 16.5. The van der Waals surface area contributed by atoms with Gasteiger partial charge in [-0.3, -0.25) is 0 Å². The lowest BCUT2D eigenvalue weighted by atomic mass is 9.89. The molecule has 1 rings (SSSR count). The van der Waals surface area contributed by atoms with Crippen molar-refractivity contribution >= 4 is 0 Å². The van der Waals surface area contributed by atoms with Crippen LogP contribution in [0.15, 0.2) is 0 Å². The first-order valence-corrected chi connectivity index (χ1v) is 5.13. The lowest BCUT2D eigenvalue weighted by Crippen LogP contribution is -2.27. The molecule has 0 aromatic heterocycles. The van der Waals surface area contributed by atoms with Gasteiger partial charge in [-0.05, 0) is 31.6 Å². The summed E-state index contributed by atoms with van der Waals surface area (Å²) in [6.45, 7) is 2.33. The van der Waals surface area contributed by atoms with Crippen LogP contribution in [0, 0.1) is 5.92 Å². The number of aliphatic hydroxyl groups is 2. The predicted molar refractivity (Wildman–Crippen MR) is 50.5 cm³/mol. The van der Waals surface area contributed by atoms with Crippen molar-refractivity contribution in [1.82, 2.24) is 0 Å². The molecule has 0 spiro atoms. The van der Waals surface area contributed by atoms with Gasteiger partial charge in [0.1, 0.15) is 6.10 Å². The Labute approximate surface area is 79.7 Å². The van der Waals surface area contributed by atoms with Crippen LogP contribution in [0.25, 0.3) is 0 Å². The van der Waals surface area contributed by atoms with Crippen molar-refractivity contribution in [2.45, 2.75) is 44.8 Å². The molecule has 0 radical (unpaired) electrons. The van der Waals surface area contributed by atoms with E-state index >= 15 is 0 Å². The fourth-order valence-corrected chi connectivity index (χ4v) is 1.70. The quantitative estimate of drug-likeness (QED) is 0.690. The van der Waals surface area contributed by atoms with E-state index in [9.17, 15) is 0 Å². The molecule has 3 heteroatoms. The molecule has 1 aliphatic rings. The van der Waals surface area contributed by atoms with Gasteiger partial charge >= 0.3 is 0 Å². The molecule has 1 aliphatic carbocycles. The van der Waals surface area contributed by atoms with Gasteiger partial charge in [-0.2, -0.15) is 0 Å². The van der Waals surface area contributed by atoms with Gasteiger partial charge < -0.3 is 14.9 Å². The third kappa shape index (κ3) is 4.07. The minimum Gasteiger partial charge on any atom is -0.394 e. The molecule has 0 saturated heterocycles. The van der Waals surface area contributed by atoms with Gasteiger partial charge in [0.2, 0.25) is 0 Å². The summed E-state index contributed by atoms with van der Waals surface area (Å²) in [5.74, 6) is 0.822. The molecule has 13 heavy (non-hydrogen) atoms. The summed E-state index contributed by atoms with van der Waals surface area (Å²) >= 11 is 0. The van der Waals surface area contributed by atoms with Crippen molar-refractivity contribution in [1.29, 1.82) is 0 Å². The molecule has 0 aromatic carbocycles. The maximum atomic E-state index is 9.07. The zero-order chi connectivity index (χ0) is 9.68. The lowest BCUT2D eigenvalue weighted by Gasteiger charge is -2.26. The highest BCUT2D eigenvalue weighted by molar-refractivity contribution is 4.70. The van der Waals surface area contributed by atoms with Crippen LogP contribution in [0.4, 0.5) is 0 Å². The Hall–Kier alpha value is -0.120. The number of hydrogen-bond acceptors (Lipinski definition) is 3. The molecule has 0 unspecified atom stereocenters. The largest absolute Gasteiger partial charge is 0.394 e. The van der Waals surface area contributed by atoms with E-state index in [1.54, 1.807) is 0 Å². The second-order valence-corrected chi connectivity index (χ2v) is 4.05. The summed E-state index contributed by atoms with van der Waals surface area (Å²) in [4.78, 5) is 0. The molecule has 0 amide bonds. The Kier molecular flexibility index (Phi) is 4.70. The SMILES string of the molecule is C[C@H]1CC[C@H](OC[C@@H](O)CO)CC1. The third-order valence-electron chi connectivity index (χ3n) is 2.70. The van der Waals surface area contributed by atoms with Gasteiger partial charge in [0.05, 0.1) is 19.3 Å². The molecule has 1 fully saturated rings. The fourth-order valence-electron chi connectivity index (χ4n) is 1.70. The number of hydrogen-bond donors (Lipinski definition) is 2.